The van der Waals surface area contributed by atoms with Crippen LogP contribution in [0.4, 0.5) is 0 Å². The first-order valence-corrected chi connectivity index (χ1v) is 7.02. The summed E-state index contributed by atoms with van der Waals surface area (Å²) >= 11 is 8.00. The number of benzene rings is 1. The van der Waals surface area contributed by atoms with Gasteiger partial charge in [-0.1, -0.05) is 11.6 Å². The van der Waals surface area contributed by atoms with Crippen LogP contribution in [0.15, 0.2) is 18.2 Å². The fraction of sp³-hybridized carbons (Fsp3) is 0.250. The molecule has 0 saturated carbocycles. The molecule has 2 N–H and O–H groups in total. The van der Waals surface area contributed by atoms with Gasteiger partial charge in [0.1, 0.15) is 6.04 Å². The van der Waals surface area contributed by atoms with Crippen LogP contribution in [0.3, 0.4) is 0 Å². The van der Waals surface area contributed by atoms with Crippen LogP contribution in [0.25, 0.3) is 0 Å². The quantitative estimate of drug-likeness (QED) is 0.591. The van der Waals surface area contributed by atoms with E-state index < -0.39 is 11.9 Å². The smallest absolute Gasteiger partial charge is 0.251 e. The highest BCUT2D eigenvalue weighted by molar-refractivity contribution is 14.1. The molecule has 1 heterocycles. The second-order valence-corrected chi connectivity index (χ2v) is 5.68. The molecule has 0 radical (unpaired) electrons. The molecular formula is C12H10ClIN2O3. The zero-order valence-corrected chi connectivity index (χ0v) is 12.6. The Morgan fingerprint density at radius 2 is 2.16 bits per heavy atom. The van der Waals surface area contributed by atoms with E-state index >= 15 is 0 Å². The van der Waals surface area contributed by atoms with Crippen LogP contribution < -0.4 is 10.6 Å². The van der Waals surface area contributed by atoms with Crippen LogP contribution in [-0.2, 0) is 9.59 Å². The van der Waals surface area contributed by atoms with Crippen molar-refractivity contribution >= 4 is 51.9 Å². The van der Waals surface area contributed by atoms with Crippen LogP contribution in [0.1, 0.15) is 23.2 Å². The molecule has 0 spiro atoms. The Morgan fingerprint density at radius 3 is 2.79 bits per heavy atom. The van der Waals surface area contributed by atoms with Crippen molar-refractivity contribution in [1.29, 1.82) is 0 Å². The first-order valence-electron chi connectivity index (χ1n) is 5.57. The molecule has 1 aromatic rings. The highest BCUT2D eigenvalue weighted by Gasteiger charge is 2.28. The van der Waals surface area contributed by atoms with Crippen molar-refractivity contribution in [2.75, 3.05) is 0 Å². The van der Waals surface area contributed by atoms with Gasteiger partial charge in [-0.05, 0) is 47.2 Å². The highest BCUT2D eigenvalue weighted by atomic mass is 127. The van der Waals surface area contributed by atoms with E-state index in [2.05, 4.69) is 33.2 Å². The molecule has 0 aliphatic carbocycles. The topological polar surface area (TPSA) is 75.3 Å². The zero-order chi connectivity index (χ0) is 14.0. The van der Waals surface area contributed by atoms with Crippen molar-refractivity contribution in [1.82, 2.24) is 10.6 Å². The van der Waals surface area contributed by atoms with Gasteiger partial charge in [0.2, 0.25) is 11.8 Å². The summed E-state index contributed by atoms with van der Waals surface area (Å²) in [7, 11) is 0. The largest absolute Gasteiger partial charge is 0.340 e. The van der Waals surface area contributed by atoms with E-state index in [4.69, 9.17) is 11.6 Å². The van der Waals surface area contributed by atoms with E-state index in [9.17, 15) is 14.4 Å². The monoisotopic (exact) mass is 392 g/mol. The predicted molar refractivity (Wildman–Crippen MR) is 77.8 cm³/mol. The SMILES string of the molecule is O=C1CCC(NC(=O)c2ccc(I)c(Cl)c2)C(=O)N1. The lowest BCUT2D eigenvalue weighted by atomic mass is 10.1. The van der Waals surface area contributed by atoms with Crippen molar-refractivity contribution in [3.8, 4) is 0 Å². The van der Waals surface area contributed by atoms with Crippen LogP contribution in [0.2, 0.25) is 5.02 Å². The summed E-state index contributed by atoms with van der Waals surface area (Å²) in [5.74, 6) is -1.16. The molecule has 1 atom stereocenters. The average molecular weight is 393 g/mol. The molecule has 7 heteroatoms. The Hall–Kier alpha value is -1.15. The van der Waals surface area contributed by atoms with Crippen molar-refractivity contribution in [2.45, 2.75) is 18.9 Å². The van der Waals surface area contributed by atoms with Gasteiger partial charge in [-0.15, -0.1) is 0 Å². The Balaban J connectivity index is 2.06. The number of imide groups is 1. The lowest BCUT2D eigenvalue weighted by Gasteiger charge is -2.21. The van der Waals surface area contributed by atoms with E-state index in [0.29, 0.717) is 17.0 Å². The summed E-state index contributed by atoms with van der Waals surface area (Å²) < 4.78 is 0.844. The molecule has 1 saturated heterocycles. The second-order valence-electron chi connectivity index (χ2n) is 4.11. The van der Waals surface area contributed by atoms with Crippen molar-refractivity contribution in [2.24, 2.45) is 0 Å². The average Bonchev–Trinajstić information content (AvgIpc) is 2.36. The van der Waals surface area contributed by atoms with E-state index in [1.54, 1.807) is 18.2 Å². The third kappa shape index (κ3) is 3.44. The number of rotatable bonds is 2. The van der Waals surface area contributed by atoms with Gasteiger partial charge >= 0.3 is 0 Å². The number of hydrogen-bond donors (Lipinski definition) is 2. The maximum absolute atomic E-state index is 12.0. The van der Waals surface area contributed by atoms with Gasteiger partial charge < -0.3 is 5.32 Å². The van der Waals surface area contributed by atoms with Crippen LogP contribution in [0.5, 0.6) is 0 Å². The molecule has 1 aliphatic heterocycles. The Kier molecular flexibility index (Phi) is 4.41. The van der Waals surface area contributed by atoms with E-state index in [1.165, 1.54) is 0 Å². The number of carbonyl (C=O) groups is 3. The fourth-order valence-electron chi connectivity index (χ4n) is 1.71. The van der Waals surface area contributed by atoms with Crippen molar-refractivity contribution in [3.63, 3.8) is 0 Å². The van der Waals surface area contributed by atoms with E-state index in [1.807, 2.05) is 0 Å². The summed E-state index contributed by atoms with van der Waals surface area (Å²) in [4.78, 5) is 34.5. The zero-order valence-electron chi connectivity index (χ0n) is 9.70. The first kappa shape index (κ1) is 14.3. The van der Waals surface area contributed by atoms with Crippen molar-refractivity contribution in [3.05, 3.63) is 32.4 Å². The van der Waals surface area contributed by atoms with Crippen LogP contribution in [0, 0.1) is 3.57 Å². The van der Waals surface area contributed by atoms with Gasteiger partial charge in [-0.25, -0.2) is 0 Å². The lowest BCUT2D eigenvalue weighted by Crippen LogP contribution is -2.52. The molecule has 0 aromatic heterocycles. The van der Waals surface area contributed by atoms with Gasteiger partial charge in [0, 0.05) is 15.6 Å². The molecule has 0 bridgehead atoms. The van der Waals surface area contributed by atoms with Crippen molar-refractivity contribution < 1.29 is 14.4 Å². The molecule has 2 rings (SSSR count). The normalized spacial score (nSPS) is 18.9. The first-order chi connectivity index (χ1) is 8.97. The summed E-state index contributed by atoms with van der Waals surface area (Å²) in [6.07, 6.45) is 0.540. The van der Waals surface area contributed by atoms with Gasteiger partial charge in [0.15, 0.2) is 0 Å². The molecule has 3 amide bonds. The summed E-state index contributed by atoms with van der Waals surface area (Å²) in [6.45, 7) is 0. The minimum absolute atomic E-state index is 0.226. The second kappa shape index (κ2) is 5.87. The number of halogens is 2. The molecule has 1 aromatic carbocycles. The molecule has 5 nitrogen and oxygen atoms in total. The predicted octanol–water partition coefficient (Wildman–Crippen LogP) is 1.48. The van der Waals surface area contributed by atoms with Gasteiger partial charge in [-0.2, -0.15) is 0 Å². The van der Waals surface area contributed by atoms with E-state index in [-0.39, 0.29) is 18.2 Å². The maximum Gasteiger partial charge on any atom is 0.251 e. The molecule has 1 aliphatic rings. The van der Waals surface area contributed by atoms with E-state index in [0.717, 1.165) is 3.57 Å². The third-order valence-corrected chi connectivity index (χ3v) is 4.30. The van der Waals surface area contributed by atoms with Gasteiger partial charge in [0.25, 0.3) is 5.91 Å². The maximum atomic E-state index is 12.0. The fourth-order valence-corrected chi connectivity index (χ4v) is 2.23. The Morgan fingerprint density at radius 1 is 1.42 bits per heavy atom. The molecular weight excluding hydrogens is 383 g/mol. The molecule has 19 heavy (non-hydrogen) atoms. The van der Waals surface area contributed by atoms with Crippen LogP contribution >= 0.6 is 34.2 Å². The lowest BCUT2D eigenvalue weighted by molar-refractivity contribution is -0.134. The van der Waals surface area contributed by atoms with Gasteiger partial charge in [0.05, 0.1) is 5.02 Å². The van der Waals surface area contributed by atoms with Gasteiger partial charge in [-0.3, -0.25) is 19.7 Å². The third-order valence-electron chi connectivity index (χ3n) is 2.73. The number of carbonyl (C=O) groups excluding carboxylic acids is 3. The summed E-state index contributed by atoms with van der Waals surface area (Å²) in [5.41, 5.74) is 0.384. The number of piperidine rings is 1. The minimum Gasteiger partial charge on any atom is -0.340 e. The number of amides is 3. The molecule has 100 valence electrons. The molecule has 1 unspecified atom stereocenters. The standard InChI is InChI=1S/C12H10ClIN2O3/c13-7-5-6(1-2-8(7)14)11(18)15-9-3-4-10(17)16-12(9)19/h1-2,5,9H,3-4H2,(H,15,18)(H,16,17,19). The highest BCUT2D eigenvalue weighted by Crippen LogP contribution is 2.19. The minimum atomic E-state index is -0.678. The number of nitrogens with one attached hydrogen (secondary N) is 2. The van der Waals surface area contributed by atoms with Crippen LogP contribution in [-0.4, -0.2) is 23.8 Å². The summed E-state index contributed by atoms with van der Waals surface area (Å²) in [5, 5.41) is 5.26. The Labute approximate surface area is 128 Å². The molecule has 1 fully saturated rings. The summed E-state index contributed by atoms with van der Waals surface area (Å²) in [6, 6.07) is 4.23. The number of hydrogen-bond acceptors (Lipinski definition) is 3. The Bertz CT molecular complexity index is 562.